The number of hydrogen-bond acceptors (Lipinski definition) is 2. The monoisotopic (exact) mass is 456 g/mol. The van der Waals surface area contributed by atoms with Crippen LogP contribution in [0.5, 0.6) is 0 Å². The van der Waals surface area contributed by atoms with E-state index in [1.54, 1.807) is 0 Å². The fourth-order valence-electron chi connectivity index (χ4n) is 3.17. The van der Waals surface area contributed by atoms with Gasteiger partial charge in [0.05, 0.1) is 0 Å². The molecule has 4 nitrogen and oxygen atoms in total. The van der Waals surface area contributed by atoms with Crippen molar-refractivity contribution < 1.29 is 36.9 Å². The van der Waals surface area contributed by atoms with Gasteiger partial charge in [0.15, 0.2) is 0 Å². The van der Waals surface area contributed by atoms with Gasteiger partial charge in [-0.1, -0.05) is 117 Å². The standard InChI is InChI=1S/2C12H24O2.Fe/c2*1-2-3-4-5-6-7-8-9-10-11-12(13)14;/h2*2-11H2,1H3,(H,13,14);. The number of carboxylic acid groups (broad SMARTS) is 2. The average Bonchev–Trinajstić information content (AvgIpc) is 2.65. The number of unbranched alkanes of at least 4 members (excludes halogenated alkanes) is 16. The van der Waals surface area contributed by atoms with E-state index in [2.05, 4.69) is 13.8 Å². The van der Waals surface area contributed by atoms with Crippen LogP contribution in [-0.4, -0.2) is 22.2 Å². The van der Waals surface area contributed by atoms with E-state index < -0.39 is 11.9 Å². The molecule has 0 aromatic heterocycles. The van der Waals surface area contributed by atoms with E-state index in [9.17, 15) is 9.59 Å². The average molecular weight is 456 g/mol. The molecule has 0 amide bonds. The summed E-state index contributed by atoms with van der Waals surface area (Å²) in [6, 6.07) is 0. The normalized spacial score (nSPS) is 10.0. The van der Waals surface area contributed by atoms with Gasteiger partial charge in [0.25, 0.3) is 0 Å². The largest absolute Gasteiger partial charge is 0.481 e. The van der Waals surface area contributed by atoms with E-state index in [1.807, 2.05) is 0 Å². The molecule has 0 fully saturated rings. The molecule has 0 rings (SSSR count). The quantitative estimate of drug-likeness (QED) is 0.144. The summed E-state index contributed by atoms with van der Waals surface area (Å²) < 4.78 is 0. The van der Waals surface area contributed by atoms with E-state index in [1.165, 1.54) is 89.9 Å². The van der Waals surface area contributed by atoms with Gasteiger partial charge < -0.3 is 10.2 Å². The summed E-state index contributed by atoms with van der Waals surface area (Å²) in [5.74, 6) is -1.32. The summed E-state index contributed by atoms with van der Waals surface area (Å²) in [6.07, 6.45) is 23.0. The molecule has 0 radical (unpaired) electrons. The number of carboxylic acids is 2. The molecule has 0 unspecified atom stereocenters. The maximum Gasteiger partial charge on any atom is 0.303 e. The Hall–Kier alpha value is -0.541. The molecule has 0 aromatic carbocycles. The van der Waals surface area contributed by atoms with E-state index in [0.717, 1.165) is 25.7 Å². The van der Waals surface area contributed by atoms with Crippen molar-refractivity contribution in [2.24, 2.45) is 0 Å². The molecule has 176 valence electrons. The molecule has 0 atom stereocenters. The first-order chi connectivity index (χ1) is 13.5. The van der Waals surface area contributed by atoms with Crippen LogP contribution in [0.3, 0.4) is 0 Å². The summed E-state index contributed by atoms with van der Waals surface area (Å²) in [7, 11) is 0. The second kappa shape index (κ2) is 29.7. The minimum Gasteiger partial charge on any atom is -0.481 e. The zero-order valence-electron chi connectivity index (χ0n) is 19.2. The van der Waals surface area contributed by atoms with Gasteiger partial charge >= 0.3 is 11.9 Å². The third-order valence-corrected chi connectivity index (χ3v) is 4.99. The van der Waals surface area contributed by atoms with Crippen LogP contribution >= 0.6 is 0 Å². The fourth-order valence-corrected chi connectivity index (χ4v) is 3.17. The number of hydrogen-bond donors (Lipinski definition) is 2. The molecule has 29 heavy (non-hydrogen) atoms. The van der Waals surface area contributed by atoms with Crippen LogP contribution in [0.4, 0.5) is 0 Å². The van der Waals surface area contributed by atoms with Gasteiger partial charge in [-0.3, -0.25) is 9.59 Å². The zero-order valence-corrected chi connectivity index (χ0v) is 20.3. The third-order valence-electron chi connectivity index (χ3n) is 4.99. The molecule has 0 heterocycles. The second-order valence-corrected chi connectivity index (χ2v) is 7.94. The molecule has 0 aliphatic rings. The van der Waals surface area contributed by atoms with Crippen molar-refractivity contribution in [3.63, 3.8) is 0 Å². The smallest absolute Gasteiger partial charge is 0.303 e. The Kier molecular flexibility index (Phi) is 33.9. The number of rotatable bonds is 20. The minimum absolute atomic E-state index is 0. The van der Waals surface area contributed by atoms with Gasteiger partial charge in [-0.25, -0.2) is 0 Å². The first-order valence-corrected chi connectivity index (χ1v) is 12.0. The summed E-state index contributed by atoms with van der Waals surface area (Å²) in [5.41, 5.74) is 0. The molecule has 0 aliphatic carbocycles. The molecule has 0 aliphatic heterocycles. The maximum atomic E-state index is 10.2. The summed E-state index contributed by atoms with van der Waals surface area (Å²) >= 11 is 0. The van der Waals surface area contributed by atoms with Gasteiger partial charge in [-0.05, 0) is 12.8 Å². The Morgan fingerprint density at radius 1 is 0.448 bits per heavy atom. The van der Waals surface area contributed by atoms with E-state index >= 15 is 0 Å². The first-order valence-electron chi connectivity index (χ1n) is 12.0. The van der Waals surface area contributed by atoms with E-state index in [0.29, 0.717) is 12.8 Å². The van der Waals surface area contributed by atoms with Crippen molar-refractivity contribution in [2.45, 2.75) is 142 Å². The van der Waals surface area contributed by atoms with Crippen LogP contribution in [0.2, 0.25) is 0 Å². The Morgan fingerprint density at radius 2 is 0.655 bits per heavy atom. The maximum absolute atomic E-state index is 10.2. The Bertz CT molecular complexity index is 303. The molecule has 5 heteroatoms. The van der Waals surface area contributed by atoms with Gasteiger partial charge in [0.2, 0.25) is 0 Å². The molecular formula is C24H48FeO4. The van der Waals surface area contributed by atoms with Crippen molar-refractivity contribution in [3.05, 3.63) is 0 Å². The van der Waals surface area contributed by atoms with Crippen LogP contribution < -0.4 is 0 Å². The van der Waals surface area contributed by atoms with Crippen molar-refractivity contribution in [2.75, 3.05) is 0 Å². The van der Waals surface area contributed by atoms with Crippen molar-refractivity contribution >= 4 is 11.9 Å². The van der Waals surface area contributed by atoms with Crippen molar-refractivity contribution in [3.8, 4) is 0 Å². The zero-order chi connectivity index (χ0) is 21.3. The molecule has 2 N–H and O–H groups in total. The van der Waals surface area contributed by atoms with Gasteiger partial charge in [0.1, 0.15) is 0 Å². The van der Waals surface area contributed by atoms with E-state index in [-0.39, 0.29) is 17.1 Å². The second-order valence-electron chi connectivity index (χ2n) is 7.94. The molecule has 0 saturated carbocycles. The number of carbonyl (C=O) groups is 2. The van der Waals surface area contributed by atoms with Gasteiger partial charge in [-0.15, -0.1) is 0 Å². The molecule has 0 saturated heterocycles. The summed E-state index contributed by atoms with van der Waals surface area (Å²) in [5, 5.41) is 16.8. The fraction of sp³-hybridized carbons (Fsp3) is 0.917. The summed E-state index contributed by atoms with van der Waals surface area (Å²) in [4.78, 5) is 20.4. The van der Waals surface area contributed by atoms with Gasteiger partial charge in [0, 0.05) is 29.9 Å². The van der Waals surface area contributed by atoms with Crippen LogP contribution in [0, 0.1) is 0 Å². The Balaban J connectivity index is -0.000000451. The molecular weight excluding hydrogens is 408 g/mol. The minimum atomic E-state index is -0.659. The molecule has 0 aromatic rings. The molecule has 0 bridgehead atoms. The molecule has 0 spiro atoms. The van der Waals surface area contributed by atoms with Crippen LogP contribution in [0.15, 0.2) is 0 Å². The van der Waals surface area contributed by atoms with Crippen molar-refractivity contribution in [1.29, 1.82) is 0 Å². The SMILES string of the molecule is CCCCCCCCCCCC(=O)O.CCCCCCCCCCCC(=O)O.[Fe]. The summed E-state index contributed by atoms with van der Waals surface area (Å²) in [6.45, 7) is 4.46. The Morgan fingerprint density at radius 3 is 0.862 bits per heavy atom. The third kappa shape index (κ3) is 38.7. The van der Waals surface area contributed by atoms with Crippen LogP contribution in [0.25, 0.3) is 0 Å². The van der Waals surface area contributed by atoms with Crippen molar-refractivity contribution in [1.82, 2.24) is 0 Å². The first kappa shape index (κ1) is 33.1. The predicted octanol–water partition coefficient (Wildman–Crippen LogP) is 7.98. The van der Waals surface area contributed by atoms with E-state index in [4.69, 9.17) is 10.2 Å². The van der Waals surface area contributed by atoms with Gasteiger partial charge in [-0.2, -0.15) is 0 Å². The van der Waals surface area contributed by atoms with Crippen LogP contribution in [0.1, 0.15) is 142 Å². The predicted molar refractivity (Wildman–Crippen MR) is 119 cm³/mol. The Labute approximate surface area is 191 Å². The number of aliphatic carboxylic acids is 2. The van der Waals surface area contributed by atoms with Crippen LogP contribution in [-0.2, 0) is 26.7 Å². The topological polar surface area (TPSA) is 74.6 Å².